The molecule has 3 aromatic rings. The second-order valence-corrected chi connectivity index (χ2v) is 9.14. The van der Waals surface area contributed by atoms with Gasteiger partial charge in [-0.1, -0.05) is 34.8 Å². The van der Waals surface area contributed by atoms with Gasteiger partial charge in [0.1, 0.15) is 0 Å². The van der Waals surface area contributed by atoms with E-state index in [2.05, 4.69) is 9.88 Å². The van der Waals surface area contributed by atoms with Crippen LogP contribution in [0, 0.1) is 18.8 Å². The van der Waals surface area contributed by atoms with Gasteiger partial charge in [-0.25, -0.2) is 0 Å². The number of likely N-dealkylation sites (tertiary alicyclic amines) is 1. The normalized spacial score (nSPS) is 20.8. The van der Waals surface area contributed by atoms with Gasteiger partial charge in [0, 0.05) is 60.7 Å². The number of carbonyl (C=O) groups excluding carboxylic acids is 1. The van der Waals surface area contributed by atoms with Crippen molar-refractivity contribution in [3.63, 3.8) is 0 Å². The summed E-state index contributed by atoms with van der Waals surface area (Å²) in [6, 6.07) is 12.9. The minimum absolute atomic E-state index is 0.0628. The molecule has 2 aromatic carbocycles. The van der Waals surface area contributed by atoms with Gasteiger partial charge < -0.3 is 14.8 Å². The highest BCUT2D eigenvalue weighted by molar-refractivity contribution is 6.42. The highest BCUT2D eigenvalue weighted by Gasteiger charge is 2.42. The Kier molecular flexibility index (Phi) is 4.75. The highest BCUT2D eigenvalue weighted by atomic mass is 35.5. The van der Waals surface area contributed by atoms with Crippen LogP contribution in [0.3, 0.4) is 0 Å². The summed E-state index contributed by atoms with van der Waals surface area (Å²) in [5, 5.41) is 1.91. The number of pyridine rings is 1. The number of anilines is 1. The molecule has 7 heteroatoms. The zero-order valence-corrected chi connectivity index (χ0v) is 18.0. The largest absolute Gasteiger partial charge is 0.371 e. The SMILES string of the molecule is Cc1ccc2[nH]c(=O)cc(C(=O)N3CC4CN(c5ccc(Cl)c(Cl)c5)CC4C3)c2c1. The molecule has 0 radical (unpaired) electrons. The topological polar surface area (TPSA) is 56.4 Å². The maximum atomic E-state index is 13.3. The number of aromatic nitrogens is 1. The van der Waals surface area contributed by atoms with Crippen LogP contribution in [0.15, 0.2) is 47.3 Å². The van der Waals surface area contributed by atoms with E-state index < -0.39 is 0 Å². The molecule has 3 heterocycles. The van der Waals surface area contributed by atoms with Crippen LogP contribution in [0.2, 0.25) is 10.0 Å². The summed E-state index contributed by atoms with van der Waals surface area (Å²) in [5.41, 5.74) is 3.05. The van der Waals surface area contributed by atoms with E-state index in [1.54, 1.807) is 0 Å². The quantitative estimate of drug-likeness (QED) is 0.642. The van der Waals surface area contributed by atoms with Crippen LogP contribution >= 0.6 is 23.2 Å². The highest BCUT2D eigenvalue weighted by Crippen LogP contribution is 2.36. The Labute approximate surface area is 184 Å². The molecule has 1 aromatic heterocycles. The smallest absolute Gasteiger partial charge is 0.254 e. The molecule has 1 N–H and O–H groups in total. The van der Waals surface area contributed by atoms with Gasteiger partial charge >= 0.3 is 0 Å². The molecule has 5 rings (SSSR count). The second kappa shape index (κ2) is 7.33. The lowest BCUT2D eigenvalue weighted by Crippen LogP contribution is -2.34. The number of hydrogen-bond acceptors (Lipinski definition) is 3. The van der Waals surface area contributed by atoms with E-state index >= 15 is 0 Å². The number of nitrogens with one attached hydrogen (secondary N) is 1. The summed E-state index contributed by atoms with van der Waals surface area (Å²) in [5.74, 6) is 0.740. The van der Waals surface area contributed by atoms with Crippen LogP contribution in [0.5, 0.6) is 0 Å². The Balaban J connectivity index is 1.36. The first-order valence-electron chi connectivity index (χ1n) is 10.0. The van der Waals surface area contributed by atoms with Crippen LogP contribution in [0.4, 0.5) is 5.69 Å². The molecular formula is C23H21Cl2N3O2. The van der Waals surface area contributed by atoms with E-state index in [4.69, 9.17) is 23.2 Å². The van der Waals surface area contributed by atoms with E-state index in [0.717, 1.165) is 29.7 Å². The van der Waals surface area contributed by atoms with Gasteiger partial charge in [-0.05, 0) is 37.3 Å². The predicted octanol–water partition coefficient (Wildman–Crippen LogP) is 4.35. The van der Waals surface area contributed by atoms with Crippen LogP contribution in [0.1, 0.15) is 15.9 Å². The average molecular weight is 442 g/mol. The van der Waals surface area contributed by atoms with Gasteiger partial charge in [0.25, 0.3) is 5.91 Å². The van der Waals surface area contributed by atoms with E-state index in [0.29, 0.717) is 46.1 Å². The van der Waals surface area contributed by atoms with Crippen molar-refractivity contribution in [3.05, 3.63) is 74.0 Å². The molecule has 2 aliphatic rings. The van der Waals surface area contributed by atoms with Gasteiger partial charge in [0.2, 0.25) is 5.56 Å². The van der Waals surface area contributed by atoms with E-state index in [1.807, 2.05) is 48.2 Å². The van der Waals surface area contributed by atoms with Gasteiger partial charge in [-0.3, -0.25) is 9.59 Å². The maximum absolute atomic E-state index is 13.3. The number of aryl methyl sites for hydroxylation is 1. The molecule has 154 valence electrons. The van der Waals surface area contributed by atoms with Crippen LogP contribution in [-0.4, -0.2) is 42.0 Å². The summed E-state index contributed by atoms with van der Waals surface area (Å²) in [7, 11) is 0. The average Bonchev–Trinajstić information content (AvgIpc) is 3.28. The van der Waals surface area contributed by atoms with E-state index in [-0.39, 0.29) is 11.5 Å². The number of fused-ring (bicyclic) bond motifs is 2. The molecule has 2 unspecified atom stereocenters. The monoisotopic (exact) mass is 441 g/mol. The number of rotatable bonds is 2. The minimum atomic E-state index is -0.250. The molecule has 5 nitrogen and oxygen atoms in total. The van der Waals surface area contributed by atoms with E-state index in [9.17, 15) is 9.59 Å². The Hall–Kier alpha value is -2.50. The standard InChI is InChI=1S/C23H21Cl2N3O2/c1-13-2-5-21-17(6-13)18(8-22(29)26-21)23(30)28-11-14-9-27(10-15(14)12-28)16-3-4-19(24)20(25)7-16/h2-8,14-15H,9-12H2,1H3,(H,26,29). The molecule has 2 atom stereocenters. The molecule has 0 bridgehead atoms. The summed E-state index contributed by atoms with van der Waals surface area (Å²) < 4.78 is 0. The number of benzene rings is 2. The molecule has 0 aliphatic carbocycles. The molecular weight excluding hydrogens is 421 g/mol. The zero-order chi connectivity index (χ0) is 21.0. The van der Waals surface area contributed by atoms with Crippen molar-refractivity contribution in [1.29, 1.82) is 0 Å². The third-order valence-corrected chi connectivity index (χ3v) is 7.01. The van der Waals surface area contributed by atoms with Crippen molar-refractivity contribution in [2.45, 2.75) is 6.92 Å². The molecule has 0 spiro atoms. The fraction of sp³-hybridized carbons (Fsp3) is 0.304. The Morgan fingerprint density at radius 2 is 1.70 bits per heavy atom. The number of halogens is 2. The molecule has 0 saturated carbocycles. The van der Waals surface area contributed by atoms with Crippen molar-refractivity contribution in [2.24, 2.45) is 11.8 Å². The summed E-state index contributed by atoms with van der Waals surface area (Å²) in [6.07, 6.45) is 0. The fourth-order valence-corrected chi connectivity index (χ4v) is 5.06. The molecule has 30 heavy (non-hydrogen) atoms. The summed E-state index contributed by atoms with van der Waals surface area (Å²) >= 11 is 12.2. The Bertz CT molecular complexity index is 1210. The van der Waals surface area contributed by atoms with Crippen molar-refractivity contribution in [1.82, 2.24) is 9.88 Å². The Morgan fingerprint density at radius 3 is 2.40 bits per heavy atom. The Morgan fingerprint density at radius 1 is 0.967 bits per heavy atom. The van der Waals surface area contributed by atoms with Crippen LogP contribution in [-0.2, 0) is 0 Å². The van der Waals surface area contributed by atoms with Gasteiger partial charge in [0.15, 0.2) is 0 Å². The fourth-order valence-electron chi connectivity index (χ4n) is 4.77. The number of hydrogen-bond donors (Lipinski definition) is 1. The first-order chi connectivity index (χ1) is 14.4. The summed E-state index contributed by atoms with van der Waals surface area (Å²) in [6.45, 7) is 5.13. The van der Waals surface area contributed by atoms with Crippen molar-refractivity contribution < 1.29 is 4.79 Å². The number of carbonyl (C=O) groups is 1. The van der Waals surface area contributed by atoms with Crippen molar-refractivity contribution in [2.75, 3.05) is 31.1 Å². The van der Waals surface area contributed by atoms with Crippen LogP contribution < -0.4 is 10.5 Å². The molecule has 1 amide bonds. The minimum Gasteiger partial charge on any atom is -0.371 e. The number of H-pyrrole nitrogens is 1. The van der Waals surface area contributed by atoms with Crippen molar-refractivity contribution in [3.8, 4) is 0 Å². The number of nitrogens with zero attached hydrogens (tertiary/aromatic N) is 2. The van der Waals surface area contributed by atoms with Gasteiger partial charge in [0.05, 0.1) is 15.6 Å². The number of aromatic amines is 1. The summed E-state index contributed by atoms with van der Waals surface area (Å²) in [4.78, 5) is 32.5. The lowest BCUT2D eigenvalue weighted by Gasteiger charge is -2.24. The molecule has 2 aliphatic heterocycles. The van der Waals surface area contributed by atoms with Gasteiger partial charge in [-0.15, -0.1) is 0 Å². The number of amides is 1. The molecule has 2 fully saturated rings. The zero-order valence-electron chi connectivity index (χ0n) is 16.5. The predicted molar refractivity (Wildman–Crippen MR) is 121 cm³/mol. The lowest BCUT2D eigenvalue weighted by atomic mass is 10.0. The lowest BCUT2D eigenvalue weighted by molar-refractivity contribution is 0.0784. The van der Waals surface area contributed by atoms with Crippen LogP contribution in [0.25, 0.3) is 10.9 Å². The maximum Gasteiger partial charge on any atom is 0.254 e. The second-order valence-electron chi connectivity index (χ2n) is 8.33. The van der Waals surface area contributed by atoms with E-state index in [1.165, 1.54) is 6.07 Å². The third-order valence-electron chi connectivity index (χ3n) is 6.27. The molecule has 2 saturated heterocycles. The first kappa shape index (κ1) is 19.5. The first-order valence-corrected chi connectivity index (χ1v) is 10.8. The third kappa shape index (κ3) is 3.36. The van der Waals surface area contributed by atoms with Crippen molar-refractivity contribution >= 4 is 45.7 Å². The van der Waals surface area contributed by atoms with Gasteiger partial charge in [-0.2, -0.15) is 0 Å².